The van der Waals surface area contributed by atoms with Crippen molar-refractivity contribution in [2.45, 2.75) is 39.0 Å². The summed E-state index contributed by atoms with van der Waals surface area (Å²) in [5, 5.41) is 2.97. The molecule has 1 aromatic carbocycles. The molecule has 2 aromatic rings. The van der Waals surface area contributed by atoms with Gasteiger partial charge in [0.25, 0.3) is 5.91 Å². The molecular formula is C19H24N2O2S. The van der Waals surface area contributed by atoms with Crippen LogP contribution >= 0.6 is 0 Å². The Hall–Kier alpha value is -1.88. The van der Waals surface area contributed by atoms with Crippen LogP contribution in [0.3, 0.4) is 0 Å². The van der Waals surface area contributed by atoms with E-state index in [0.29, 0.717) is 5.75 Å². The molecule has 1 fully saturated rings. The van der Waals surface area contributed by atoms with E-state index in [4.69, 9.17) is 0 Å². The third-order valence-electron chi connectivity index (χ3n) is 4.51. The number of anilines is 1. The Balaban J connectivity index is 1.76. The number of hydrogen-bond donors (Lipinski definition) is 1. The Morgan fingerprint density at radius 1 is 1.29 bits per heavy atom. The zero-order chi connectivity index (χ0) is 17.3. The number of amides is 1. The Kier molecular flexibility index (Phi) is 4.90. The summed E-state index contributed by atoms with van der Waals surface area (Å²) in [7, 11) is -0.893. The highest BCUT2D eigenvalue weighted by molar-refractivity contribution is 7.83. The maximum absolute atomic E-state index is 12.7. The molecule has 1 atom stereocenters. The third kappa shape index (κ3) is 3.96. The van der Waals surface area contributed by atoms with Crippen molar-refractivity contribution < 1.29 is 9.00 Å². The Labute approximate surface area is 145 Å². The minimum atomic E-state index is -0.893. The first-order valence-corrected chi connectivity index (χ1v) is 10.0. The lowest BCUT2D eigenvalue weighted by molar-refractivity contribution is 0.102. The topological polar surface area (TPSA) is 51.1 Å². The lowest BCUT2D eigenvalue weighted by atomic mass is 10.2. The summed E-state index contributed by atoms with van der Waals surface area (Å²) in [5.41, 5.74) is 4.61. The predicted molar refractivity (Wildman–Crippen MR) is 98.8 cm³/mol. The molecule has 1 aliphatic carbocycles. The number of hydrogen-bond acceptors (Lipinski definition) is 2. The molecule has 1 amide bonds. The van der Waals surface area contributed by atoms with Gasteiger partial charge in [-0.2, -0.15) is 0 Å². The highest BCUT2D eigenvalue weighted by Crippen LogP contribution is 2.32. The number of rotatable bonds is 6. The van der Waals surface area contributed by atoms with Gasteiger partial charge in [0.15, 0.2) is 0 Å². The van der Waals surface area contributed by atoms with Crippen LogP contribution in [0.4, 0.5) is 5.69 Å². The van der Waals surface area contributed by atoms with Gasteiger partial charge < -0.3 is 9.88 Å². The van der Waals surface area contributed by atoms with Crippen LogP contribution < -0.4 is 5.32 Å². The van der Waals surface area contributed by atoms with Gasteiger partial charge in [0.05, 0.1) is 5.56 Å². The number of aryl methyl sites for hydroxylation is 1. The molecule has 1 saturated carbocycles. The van der Waals surface area contributed by atoms with E-state index in [1.807, 2.05) is 37.3 Å². The molecule has 0 spiro atoms. The van der Waals surface area contributed by atoms with Gasteiger partial charge in [-0.05, 0) is 56.4 Å². The summed E-state index contributed by atoms with van der Waals surface area (Å²) in [4.78, 5) is 12.7. The van der Waals surface area contributed by atoms with Crippen LogP contribution in [0.2, 0.25) is 0 Å². The maximum atomic E-state index is 12.7. The van der Waals surface area contributed by atoms with Crippen LogP contribution in [0.5, 0.6) is 0 Å². The fraction of sp³-hybridized carbons (Fsp3) is 0.421. The van der Waals surface area contributed by atoms with E-state index >= 15 is 0 Å². The number of carbonyl (C=O) groups is 1. The molecule has 24 heavy (non-hydrogen) atoms. The first-order chi connectivity index (χ1) is 11.4. The Morgan fingerprint density at radius 2 is 2.04 bits per heavy atom. The van der Waals surface area contributed by atoms with E-state index in [0.717, 1.165) is 40.7 Å². The summed E-state index contributed by atoms with van der Waals surface area (Å²) in [6, 6.07) is 9.54. The second kappa shape index (κ2) is 6.93. The minimum Gasteiger partial charge on any atom is -0.348 e. The van der Waals surface area contributed by atoms with Crippen LogP contribution in [0.1, 0.15) is 40.2 Å². The summed E-state index contributed by atoms with van der Waals surface area (Å²) in [6.45, 7) is 5.09. The predicted octanol–water partition coefficient (Wildman–Crippen LogP) is 3.65. The van der Waals surface area contributed by atoms with E-state index in [1.54, 1.807) is 6.26 Å². The van der Waals surface area contributed by atoms with Gasteiger partial charge in [0.1, 0.15) is 0 Å². The first-order valence-electron chi connectivity index (χ1n) is 8.31. The van der Waals surface area contributed by atoms with Crippen molar-refractivity contribution in [3.8, 4) is 0 Å². The fourth-order valence-corrected chi connectivity index (χ4v) is 3.69. The van der Waals surface area contributed by atoms with E-state index in [-0.39, 0.29) is 5.91 Å². The zero-order valence-corrected chi connectivity index (χ0v) is 15.3. The average molecular weight is 344 g/mol. The number of benzene rings is 1. The molecule has 0 radical (unpaired) electrons. The molecule has 4 nitrogen and oxygen atoms in total. The van der Waals surface area contributed by atoms with E-state index in [2.05, 4.69) is 16.8 Å². The highest BCUT2D eigenvalue weighted by Gasteiger charge is 2.24. The molecule has 0 bridgehead atoms. The quantitative estimate of drug-likeness (QED) is 0.870. The van der Waals surface area contributed by atoms with Crippen LogP contribution in [0.15, 0.2) is 30.3 Å². The monoisotopic (exact) mass is 344 g/mol. The first kappa shape index (κ1) is 17.0. The Morgan fingerprint density at radius 3 is 2.71 bits per heavy atom. The zero-order valence-electron chi connectivity index (χ0n) is 14.5. The molecule has 128 valence electrons. The molecule has 1 heterocycles. The molecular weight excluding hydrogens is 320 g/mol. The van der Waals surface area contributed by atoms with Crippen molar-refractivity contribution in [2.75, 3.05) is 11.6 Å². The van der Waals surface area contributed by atoms with E-state index < -0.39 is 10.8 Å². The van der Waals surface area contributed by atoms with E-state index in [1.165, 1.54) is 12.8 Å². The summed E-state index contributed by atoms with van der Waals surface area (Å²) in [6.07, 6.45) is 4.27. The average Bonchev–Trinajstić information content (AvgIpc) is 3.28. The summed E-state index contributed by atoms with van der Waals surface area (Å²) >= 11 is 0. The molecule has 0 saturated heterocycles. The number of nitrogens with zero attached hydrogens (tertiary/aromatic N) is 1. The second-order valence-electron chi connectivity index (χ2n) is 6.71. The number of aromatic nitrogens is 1. The minimum absolute atomic E-state index is 0.0834. The molecule has 0 aliphatic heterocycles. The molecule has 1 aromatic heterocycles. The van der Waals surface area contributed by atoms with Gasteiger partial charge >= 0.3 is 0 Å². The summed E-state index contributed by atoms with van der Waals surface area (Å²) in [5.74, 6) is 1.19. The lowest BCUT2D eigenvalue weighted by Gasteiger charge is -2.10. The second-order valence-corrected chi connectivity index (χ2v) is 8.15. The molecule has 1 N–H and O–H groups in total. The van der Waals surface area contributed by atoms with Crippen LogP contribution in [-0.4, -0.2) is 20.9 Å². The lowest BCUT2D eigenvalue weighted by Crippen LogP contribution is -2.14. The SMILES string of the molecule is Cc1cc(C(=O)Nc2cccc(C[S@@](C)=O)c2)c(C)n1CC1CC1. The van der Waals surface area contributed by atoms with Gasteiger partial charge in [0, 0.05) is 46.4 Å². The van der Waals surface area contributed by atoms with Crippen LogP contribution in [0.25, 0.3) is 0 Å². The van der Waals surface area contributed by atoms with Crippen molar-refractivity contribution in [1.29, 1.82) is 0 Å². The molecule has 5 heteroatoms. The largest absolute Gasteiger partial charge is 0.348 e. The molecule has 0 unspecified atom stereocenters. The van der Waals surface area contributed by atoms with Crippen molar-refractivity contribution in [3.05, 3.63) is 52.8 Å². The van der Waals surface area contributed by atoms with E-state index in [9.17, 15) is 9.00 Å². The van der Waals surface area contributed by atoms with Crippen molar-refractivity contribution in [2.24, 2.45) is 5.92 Å². The Bertz CT molecular complexity index is 791. The van der Waals surface area contributed by atoms with Crippen molar-refractivity contribution in [1.82, 2.24) is 4.57 Å². The third-order valence-corrected chi connectivity index (χ3v) is 5.25. The normalized spacial score (nSPS) is 15.3. The number of nitrogens with one attached hydrogen (secondary N) is 1. The van der Waals surface area contributed by atoms with Gasteiger partial charge in [-0.1, -0.05) is 12.1 Å². The summed E-state index contributed by atoms with van der Waals surface area (Å²) < 4.78 is 13.6. The fourth-order valence-electron chi connectivity index (χ4n) is 3.04. The van der Waals surface area contributed by atoms with Crippen LogP contribution in [-0.2, 0) is 23.1 Å². The van der Waals surface area contributed by atoms with Gasteiger partial charge in [0.2, 0.25) is 0 Å². The van der Waals surface area contributed by atoms with Gasteiger partial charge in [-0.25, -0.2) is 0 Å². The number of carbonyl (C=O) groups excluding carboxylic acids is 1. The van der Waals surface area contributed by atoms with Gasteiger partial charge in [-0.3, -0.25) is 9.00 Å². The smallest absolute Gasteiger partial charge is 0.257 e. The van der Waals surface area contributed by atoms with Crippen LogP contribution in [0, 0.1) is 19.8 Å². The van der Waals surface area contributed by atoms with Crippen molar-refractivity contribution in [3.63, 3.8) is 0 Å². The van der Waals surface area contributed by atoms with Crippen molar-refractivity contribution >= 4 is 22.4 Å². The highest BCUT2D eigenvalue weighted by atomic mass is 32.2. The maximum Gasteiger partial charge on any atom is 0.257 e. The molecule has 1 aliphatic rings. The standard InChI is InChI=1S/C19H24N2O2S/c1-13-9-18(14(2)21(13)11-15-7-8-15)19(22)20-17-6-4-5-16(10-17)12-24(3)23/h4-6,9-10,15H,7-8,11-12H2,1-3H3,(H,20,22)/t24-/m1/s1. The molecule has 3 rings (SSSR count). The van der Waals surface area contributed by atoms with Gasteiger partial charge in [-0.15, -0.1) is 0 Å².